The van der Waals surface area contributed by atoms with Crippen molar-refractivity contribution < 1.29 is 14.3 Å². The second kappa shape index (κ2) is 9.73. The molecule has 0 spiro atoms. The largest absolute Gasteiger partial charge is 0.493 e. The monoisotopic (exact) mass is 410 g/mol. The number of methoxy groups -OCH3 is 2. The normalized spacial score (nSPS) is 10.5. The standard InChI is InChI=1S/C21H26N6O3/c1-15-11-19(25-21(24-15)27-10-9-22-14-27)26(2)13-20(28)23-8-7-16-5-6-17(29-3)18(12-16)30-4/h5-6,9-12,14H,7-8,13H2,1-4H3,(H,23,28). The van der Waals surface area contributed by atoms with Crippen LogP contribution >= 0.6 is 0 Å². The zero-order valence-electron chi connectivity index (χ0n) is 17.6. The van der Waals surface area contributed by atoms with E-state index in [0.717, 1.165) is 11.3 Å². The van der Waals surface area contributed by atoms with E-state index < -0.39 is 0 Å². The van der Waals surface area contributed by atoms with Crippen molar-refractivity contribution in [2.24, 2.45) is 0 Å². The molecular formula is C21H26N6O3. The van der Waals surface area contributed by atoms with Crippen molar-refractivity contribution in [3.05, 3.63) is 54.2 Å². The van der Waals surface area contributed by atoms with E-state index >= 15 is 0 Å². The first-order chi connectivity index (χ1) is 14.5. The van der Waals surface area contributed by atoms with Crippen LogP contribution in [0.1, 0.15) is 11.3 Å². The molecule has 30 heavy (non-hydrogen) atoms. The fourth-order valence-corrected chi connectivity index (χ4v) is 2.96. The van der Waals surface area contributed by atoms with E-state index in [-0.39, 0.29) is 12.5 Å². The number of hydrogen-bond acceptors (Lipinski definition) is 7. The number of amides is 1. The lowest BCUT2D eigenvalue weighted by Gasteiger charge is -2.19. The number of ether oxygens (including phenoxy) is 2. The molecule has 0 aliphatic rings. The molecule has 0 saturated carbocycles. The van der Waals surface area contributed by atoms with Crippen molar-refractivity contribution >= 4 is 11.7 Å². The van der Waals surface area contributed by atoms with Gasteiger partial charge in [-0.25, -0.2) is 9.97 Å². The van der Waals surface area contributed by atoms with Crippen LogP contribution in [0, 0.1) is 6.92 Å². The summed E-state index contributed by atoms with van der Waals surface area (Å²) in [6.45, 7) is 2.60. The number of imidazole rings is 1. The number of nitrogens with one attached hydrogen (secondary N) is 1. The van der Waals surface area contributed by atoms with Gasteiger partial charge in [-0.2, -0.15) is 4.98 Å². The highest BCUT2D eigenvalue weighted by Crippen LogP contribution is 2.27. The first-order valence-corrected chi connectivity index (χ1v) is 9.53. The quantitative estimate of drug-likeness (QED) is 0.575. The molecule has 3 aromatic rings. The molecule has 9 heteroatoms. The van der Waals surface area contributed by atoms with Crippen LogP contribution in [-0.2, 0) is 11.2 Å². The zero-order valence-corrected chi connectivity index (χ0v) is 17.6. The maximum Gasteiger partial charge on any atom is 0.239 e. The molecule has 3 rings (SSSR count). The second-order valence-electron chi connectivity index (χ2n) is 6.78. The average molecular weight is 410 g/mol. The van der Waals surface area contributed by atoms with Crippen LogP contribution in [-0.4, -0.2) is 59.8 Å². The van der Waals surface area contributed by atoms with Crippen molar-refractivity contribution in [1.82, 2.24) is 24.8 Å². The van der Waals surface area contributed by atoms with E-state index in [2.05, 4.69) is 20.3 Å². The highest BCUT2D eigenvalue weighted by atomic mass is 16.5. The number of carbonyl (C=O) groups excluding carboxylic acids is 1. The van der Waals surface area contributed by atoms with Crippen LogP contribution < -0.4 is 19.7 Å². The molecule has 0 aliphatic heterocycles. The minimum absolute atomic E-state index is 0.0848. The molecule has 1 N–H and O–H groups in total. The SMILES string of the molecule is COc1ccc(CCNC(=O)CN(C)c2cc(C)nc(-n3ccnc3)n2)cc1OC. The van der Waals surface area contributed by atoms with Gasteiger partial charge in [-0.3, -0.25) is 9.36 Å². The van der Waals surface area contributed by atoms with Gasteiger partial charge < -0.3 is 19.7 Å². The molecule has 0 unspecified atom stereocenters. The molecule has 0 fully saturated rings. The van der Waals surface area contributed by atoms with Crippen molar-refractivity contribution in [1.29, 1.82) is 0 Å². The fraction of sp³-hybridized carbons (Fsp3) is 0.333. The Balaban J connectivity index is 1.55. The minimum atomic E-state index is -0.0848. The Bertz CT molecular complexity index is 990. The Morgan fingerprint density at radius 1 is 1.17 bits per heavy atom. The van der Waals surface area contributed by atoms with Gasteiger partial charge in [0.15, 0.2) is 11.5 Å². The summed E-state index contributed by atoms with van der Waals surface area (Å²) in [5.41, 5.74) is 1.86. The summed E-state index contributed by atoms with van der Waals surface area (Å²) in [6.07, 6.45) is 5.77. The van der Waals surface area contributed by atoms with Crippen molar-refractivity contribution in [2.75, 3.05) is 39.3 Å². The van der Waals surface area contributed by atoms with Crippen LogP contribution in [0.4, 0.5) is 5.82 Å². The summed E-state index contributed by atoms with van der Waals surface area (Å²) in [6, 6.07) is 7.58. The molecule has 0 aliphatic carbocycles. The first kappa shape index (κ1) is 21.1. The van der Waals surface area contributed by atoms with Gasteiger partial charge in [-0.1, -0.05) is 6.07 Å². The predicted octanol–water partition coefficient (Wildman–Crippen LogP) is 1.78. The van der Waals surface area contributed by atoms with E-state index in [0.29, 0.717) is 36.2 Å². The highest BCUT2D eigenvalue weighted by molar-refractivity contribution is 5.80. The van der Waals surface area contributed by atoms with Crippen LogP contribution in [0.2, 0.25) is 0 Å². The maximum absolute atomic E-state index is 12.4. The van der Waals surface area contributed by atoms with Gasteiger partial charge in [0.25, 0.3) is 0 Å². The minimum Gasteiger partial charge on any atom is -0.493 e. The van der Waals surface area contributed by atoms with Crippen LogP contribution in [0.3, 0.4) is 0 Å². The van der Waals surface area contributed by atoms with Crippen LogP contribution in [0.5, 0.6) is 11.5 Å². The second-order valence-corrected chi connectivity index (χ2v) is 6.78. The van der Waals surface area contributed by atoms with Crippen molar-refractivity contribution in [3.8, 4) is 17.4 Å². The Kier molecular flexibility index (Phi) is 6.84. The summed E-state index contributed by atoms with van der Waals surface area (Å²) < 4.78 is 12.3. The van der Waals surface area contributed by atoms with E-state index in [4.69, 9.17) is 9.47 Å². The first-order valence-electron chi connectivity index (χ1n) is 9.53. The van der Waals surface area contributed by atoms with Gasteiger partial charge in [0, 0.05) is 37.7 Å². The third-order valence-electron chi connectivity index (χ3n) is 4.52. The maximum atomic E-state index is 12.4. The third kappa shape index (κ3) is 5.25. The molecule has 0 saturated heterocycles. The van der Waals surface area contributed by atoms with Gasteiger partial charge >= 0.3 is 0 Å². The Morgan fingerprint density at radius 3 is 2.67 bits per heavy atom. The molecule has 0 bridgehead atoms. The Labute approximate surface area is 175 Å². The summed E-state index contributed by atoms with van der Waals surface area (Å²) in [7, 11) is 5.03. The Morgan fingerprint density at radius 2 is 1.97 bits per heavy atom. The average Bonchev–Trinajstić information content (AvgIpc) is 3.28. The summed E-state index contributed by atoms with van der Waals surface area (Å²) in [5, 5.41) is 2.94. The predicted molar refractivity (Wildman–Crippen MR) is 113 cm³/mol. The van der Waals surface area contributed by atoms with E-state index in [1.165, 1.54) is 0 Å². The number of aryl methyl sites for hydroxylation is 1. The number of anilines is 1. The number of likely N-dealkylation sites (N-methyl/N-ethyl adjacent to an activating group) is 1. The van der Waals surface area contributed by atoms with Gasteiger partial charge in [0.1, 0.15) is 12.1 Å². The number of aromatic nitrogens is 4. The van der Waals surface area contributed by atoms with Crippen LogP contribution in [0.15, 0.2) is 43.0 Å². The topological polar surface area (TPSA) is 94.4 Å². The lowest BCUT2D eigenvalue weighted by Crippen LogP contribution is -2.36. The number of rotatable bonds is 9. The zero-order chi connectivity index (χ0) is 21.5. The summed E-state index contributed by atoms with van der Waals surface area (Å²) in [5.74, 6) is 2.46. The lowest BCUT2D eigenvalue weighted by atomic mass is 10.1. The van der Waals surface area contributed by atoms with Gasteiger partial charge in [0.05, 0.1) is 20.8 Å². The summed E-state index contributed by atoms with van der Waals surface area (Å²) in [4.78, 5) is 27.1. The number of carbonyl (C=O) groups is 1. The highest BCUT2D eigenvalue weighted by Gasteiger charge is 2.12. The Hall–Kier alpha value is -3.62. The molecule has 158 valence electrons. The van der Waals surface area contributed by atoms with Gasteiger partial charge in [-0.05, 0) is 31.0 Å². The molecule has 1 aromatic carbocycles. The third-order valence-corrected chi connectivity index (χ3v) is 4.52. The number of hydrogen-bond donors (Lipinski definition) is 1. The number of benzene rings is 1. The van der Waals surface area contributed by atoms with E-state index in [1.807, 2.05) is 38.2 Å². The van der Waals surface area contributed by atoms with E-state index in [1.54, 1.807) is 42.4 Å². The lowest BCUT2D eigenvalue weighted by molar-refractivity contribution is -0.119. The van der Waals surface area contributed by atoms with Gasteiger partial charge in [-0.15, -0.1) is 0 Å². The molecule has 0 radical (unpaired) electrons. The van der Waals surface area contributed by atoms with Crippen molar-refractivity contribution in [2.45, 2.75) is 13.3 Å². The smallest absolute Gasteiger partial charge is 0.239 e. The van der Waals surface area contributed by atoms with Crippen LogP contribution in [0.25, 0.3) is 5.95 Å². The fourth-order valence-electron chi connectivity index (χ4n) is 2.96. The molecule has 0 atom stereocenters. The molecule has 1 amide bonds. The summed E-state index contributed by atoms with van der Waals surface area (Å²) >= 11 is 0. The molecular weight excluding hydrogens is 384 g/mol. The van der Waals surface area contributed by atoms with Gasteiger partial charge in [0.2, 0.25) is 11.9 Å². The molecule has 2 aromatic heterocycles. The molecule has 9 nitrogen and oxygen atoms in total. The molecule has 2 heterocycles. The van der Waals surface area contributed by atoms with Crippen molar-refractivity contribution in [3.63, 3.8) is 0 Å². The van der Waals surface area contributed by atoms with E-state index in [9.17, 15) is 4.79 Å². The number of nitrogens with zero attached hydrogens (tertiary/aromatic N) is 5.